The minimum Gasteiger partial charge on any atom is -0.326 e. The lowest BCUT2D eigenvalue weighted by Gasteiger charge is -2.23. The summed E-state index contributed by atoms with van der Waals surface area (Å²) in [5.74, 6) is -0.680. The van der Waals surface area contributed by atoms with Crippen molar-refractivity contribution in [3.05, 3.63) is 65.7 Å². The van der Waals surface area contributed by atoms with Crippen LogP contribution < -0.4 is 5.32 Å². The Balaban J connectivity index is 1.61. The Hall–Kier alpha value is -3.16. The molecule has 28 heavy (non-hydrogen) atoms. The zero-order valence-corrected chi connectivity index (χ0v) is 14.9. The smallest absolute Gasteiger partial charge is 0.326 e. The molecule has 1 aliphatic heterocycles. The highest BCUT2D eigenvalue weighted by atomic mass is 19.4. The summed E-state index contributed by atoms with van der Waals surface area (Å²) in [6, 6.07) is 13.8. The lowest BCUT2D eigenvalue weighted by Crippen LogP contribution is -2.34. The van der Waals surface area contributed by atoms with Gasteiger partial charge in [0.15, 0.2) is 0 Å². The molecule has 3 rings (SSSR count). The van der Waals surface area contributed by atoms with E-state index in [0.29, 0.717) is 12.8 Å². The van der Waals surface area contributed by atoms with Gasteiger partial charge in [0.1, 0.15) is 0 Å². The summed E-state index contributed by atoms with van der Waals surface area (Å²) in [6.45, 7) is 0.0555. The summed E-state index contributed by atoms with van der Waals surface area (Å²) >= 11 is 0. The van der Waals surface area contributed by atoms with Crippen molar-refractivity contribution in [1.82, 2.24) is 5.01 Å². The molecule has 0 aliphatic carbocycles. The van der Waals surface area contributed by atoms with Gasteiger partial charge in [-0.15, -0.1) is 0 Å². The summed E-state index contributed by atoms with van der Waals surface area (Å²) in [7, 11) is 0. The number of halogens is 3. The van der Waals surface area contributed by atoms with E-state index in [1.54, 1.807) is 0 Å². The van der Waals surface area contributed by atoms with E-state index in [1.807, 2.05) is 30.3 Å². The van der Waals surface area contributed by atoms with Gasteiger partial charge in [-0.1, -0.05) is 36.4 Å². The molecule has 0 saturated heterocycles. The Labute approximate surface area is 159 Å². The van der Waals surface area contributed by atoms with E-state index in [9.17, 15) is 22.8 Å². The Bertz CT molecular complexity index is 895. The Kier molecular flexibility index (Phi) is 5.77. The standard InChI is InChI=1S/C20H18F3N3O2/c21-20(22,23)15-7-4-8-16(13-15)24-18(27)11-12-26-19(28)10-9-17(25-26)14-5-2-1-3-6-14/h1-8,13H,9-12H2,(H,24,27). The summed E-state index contributed by atoms with van der Waals surface area (Å²) in [4.78, 5) is 24.2. The van der Waals surface area contributed by atoms with Crippen LogP contribution in [0, 0.1) is 0 Å². The van der Waals surface area contributed by atoms with Gasteiger partial charge >= 0.3 is 6.18 Å². The SMILES string of the molecule is O=C(CCN1N=C(c2ccccc2)CCC1=O)Nc1cccc(C(F)(F)F)c1. The van der Waals surface area contributed by atoms with Gasteiger partial charge in [-0.05, 0) is 23.8 Å². The molecular weight excluding hydrogens is 371 g/mol. The topological polar surface area (TPSA) is 61.8 Å². The first-order valence-corrected chi connectivity index (χ1v) is 8.73. The number of carbonyl (C=O) groups is 2. The Morgan fingerprint density at radius 2 is 1.82 bits per heavy atom. The number of amides is 2. The molecule has 0 aromatic heterocycles. The second-order valence-corrected chi connectivity index (χ2v) is 6.31. The van der Waals surface area contributed by atoms with Crippen molar-refractivity contribution in [3.8, 4) is 0 Å². The number of nitrogens with one attached hydrogen (secondary N) is 1. The number of hydrogen-bond acceptors (Lipinski definition) is 3. The molecule has 0 radical (unpaired) electrons. The molecule has 0 fully saturated rings. The lowest BCUT2D eigenvalue weighted by atomic mass is 10.0. The van der Waals surface area contributed by atoms with E-state index < -0.39 is 17.6 Å². The number of carbonyl (C=O) groups excluding carboxylic acids is 2. The largest absolute Gasteiger partial charge is 0.416 e. The van der Waals surface area contributed by atoms with Crippen molar-refractivity contribution < 1.29 is 22.8 Å². The summed E-state index contributed by atoms with van der Waals surface area (Å²) in [6.07, 6.45) is -3.74. The zero-order valence-electron chi connectivity index (χ0n) is 14.9. The van der Waals surface area contributed by atoms with Gasteiger partial charge in [-0.3, -0.25) is 9.59 Å². The molecule has 8 heteroatoms. The van der Waals surface area contributed by atoms with Gasteiger partial charge in [-0.25, -0.2) is 5.01 Å². The van der Waals surface area contributed by atoms with E-state index in [1.165, 1.54) is 17.1 Å². The highest BCUT2D eigenvalue weighted by Gasteiger charge is 2.30. The van der Waals surface area contributed by atoms with Crippen LogP contribution in [0.1, 0.15) is 30.4 Å². The monoisotopic (exact) mass is 389 g/mol. The van der Waals surface area contributed by atoms with Gasteiger partial charge in [0.2, 0.25) is 11.8 Å². The van der Waals surface area contributed by atoms with Crippen LogP contribution in [0.25, 0.3) is 0 Å². The number of benzene rings is 2. The molecule has 5 nitrogen and oxygen atoms in total. The zero-order chi connectivity index (χ0) is 20.1. The molecule has 0 saturated carbocycles. The third kappa shape index (κ3) is 4.97. The molecule has 146 valence electrons. The predicted octanol–water partition coefficient (Wildman–Crippen LogP) is 4.06. The van der Waals surface area contributed by atoms with Crippen LogP contribution in [0.3, 0.4) is 0 Å². The lowest BCUT2D eigenvalue weighted by molar-refractivity contribution is -0.137. The van der Waals surface area contributed by atoms with E-state index in [0.717, 1.165) is 23.4 Å². The number of nitrogens with zero attached hydrogens (tertiary/aromatic N) is 2. The molecule has 0 atom stereocenters. The van der Waals surface area contributed by atoms with Crippen molar-refractivity contribution in [3.63, 3.8) is 0 Å². The molecule has 1 heterocycles. The molecule has 1 N–H and O–H groups in total. The first kappa shape index (κ1) is 19.6. The minimum atomic E-state index is -4.48. The van der Waals surface area contributed by atoms with Crippen LogP contribution in [-0.4, -0.2) is 29.1 Å². The van der Waals surface area contributed by atoms with E-state index in [4.69, 9.17) is 0 Å². The second-order valence-electron chi connectivity index (χ2n) is 6.31. The predicted molar refractivity (Wildman–Crippen MR) is 98.6 cm³/mol. The van der Waals surface area contributed by atoms with Crippen molar-refractivity contribution in [2.75, 3.05) is 11.9 Å². The molecular formula is C20H18F3N3O2. The molecule has 1 aliphatic rings. The van der Waals surface area contributed by atoms with E-state index in [2.05, 4.69) is 10.4 Å². The van der Waals surface area contributed by atoms with Crippen LogP contribution >= 0.6 is 0 Å². The minimum absolute atomic E-state index is 0.0540. The van der Waals surface area contributed by atoms with Crippen LogP contribution in [0.4, 0.5) is 18.9 Å². The molecule has 2 aromatic rings. The highest BCUT2D eigenvalue weighted by Crippen LogP contribution is 2.30. The van der Waals surface area contributed by atoms with Gasteiger partial charge in [0, 0.05) is 24.9 Å². The number of alkyl halides is 3. The fraction of sp³-hybridized carbons (Fsp3) is 0.250. The van der Waals surface area contributed by atoms with Gasteiger partial charge in [0.25, 0.3) is 0 Å². The molecule has 2 amide bonds. The molecule has 0 bridgehead atoms. The Morgan fingerprint density at radius 1 is 1.07 bits per heavy atom. The van der Waals surface area contributed by atoms with E-state index >= 15 is 0 Å². The number of rotatable bonds is 5. The van der Waals surface area contributed by atoms with Crippen LogP contribution in [0.2, 0.25) is 0 Å². The van der Waals surface area contributed by atoms with Crippen LogP contribution in [0.5, 0.6) is 0 Å². The van der Waals surface area contributed by atoms with Crippen molar-refractivity contribution in [1.29, 1.82) is 0 Å². The normalized spacial score (nSPS) is 14.6. The van der Waals surface area contributed by atoms with Crippen molar-refractivity contribution in [2.24, 2.45) is 5.10 Å². The average molecular weight is 389 g/mol. The van der Waals surface area contributed by atoms with Crippen molar-refractivity contribution >= 4 is 23.2 Å². The van der Waals surface area contributed by atoms with Gasteiger partial charge < -0.3 is 5.32 Å². The Morgan fingerprint density at radius 3 is 2.54 bits per heavy atom. The average Bonchev–Trinajstić information content (AvgIpc) is 2.67. The van der Waals surface area contributed by atoms with Gasteiger partial charge in [0.05, 0.1) is 17.8 Å². The quantitative estimate of drug-likeness (QED) is 0.838. The number of hydrogen-bond donors (Lipinski definition) is 1. The summed E-state index contributed by atoms with van der Waals surface area (Å²) < 4.78 is 38.2. The maximum Gasteiger partial charge on any atom is 0.416 e. The van der Waals surface area contributed by atoms with Crippen LogP contribution in [-0.2, 0) is 15.8 Å². The molecule has 0 unspecified atom stereocenters. The summed E-state index contributed by atoms with van der Waals surface area (Å²) in [5.41, 5.74) is 0.888. The second kappa shape index (κ2) is 8.24. The maximum atomic E-state index is 12.7. The molecule has 0 spiro atoms. The van der Waals surface area contributed by atoms with Gasteiger partial charge in [-0.2, -0.15) is 18.3 Å². The third-order valence-electron chi connectivity index (χ3n) is 4.24. The third-order valence-corrected chi connectivity index (χ3v) is 4.24. The first-order valence-electron chi connectivity index (χ1n) is 8.73. The fourth-order valence-corrected chi connectivity index (χ4v) is 2.82. The maximum absolute atomic E-state index is 12.7. The summed E-state index contributed by atoms with van der Waals surface area (Å²) in [5, 5.41) is 8.00. The van der Waals surface area contributed by atoms with Crippen molar-refractivity contribution in [2.45, 2.75) is 25.4 Å². The fourth-order valence-electron chi connectivity index (χ4n) is 2.82. The van der Waals surface area contributed by atoms with Crippen LogP contribution in [0.15, 0.2) is 59.7 Å². The number of anilines is 1. The highest BCUT2D eigenvalue weighted by molar-refractivity contribution is 6.04. The number of hydrazone groups is 1. The molecule has 2 aromatic carbocycles. The first-order chi connectivity index (χ1) is 13.3. The van der Waals surface area contributed by atoms with E-state index in [-0.39, 0.29) is 24.6 Å².